The van der Waals surface area contributed by atoms with E-state index >= 15 is 0 Å². The molecular formula is C15H24N2O3S. The van der Waals surface area contributed by atoms with Crippen molar-refractivity contribution in [2.75, 3.05) is 26.8 Å². The van der Waals surface area contributed by atoms with E-state index in [0.717, 1.165) is 31.6 Å². The van der Waals surface area contributed by atoms with E-state index in [0.29, 0.717) is 17.4 Å². The second-order valence-corrected chi connectivity index (χ2v) is 7.26. The lowest BCUT2D eigenvalue weighted by Gasteiger charge is -2.12. The van der Waals surface area contributed by atoms with Crippen molar-refractivity contribution in [1.82, 2.24) is 10.0 Å². The van der Waals surface area contributed by atoms with E-state index in [2.05, 4.69) is 10.0 Å². The van der Waals surface area contributed by atoms with Gasteiger partial charge in [0.1, 0.15) is 0 Å². The fourth-order valence-corrected chi connectivity index (χ4v) is 3.44. The van der Waals surface area contributed by atoms with Gasteiger partial charge in [0.25, 0.3) is 0 Å². The van der Waals surface area contributed by atoms with Crippen molar-refractivity contribution in [3.05, 3.63) is 29.8 Å². The first-order valence-corrected chi connectivity index (χ1v) is 8.86. The molecule has 0 saturated carbocycles. The molecule has 2 rings (SSSR count). The van der Waals surface area contributed by atoms with Gasteiger partial charge in [0, 0.05) is 25.8 Å². The molecule has 1 aromatic rings. The fourth-order valence-electron chi connectivity index (χ4n) is 2.39. The zero-order valence-corrected chi connectivity index (χ0v) is 13.4. The summed E-state index contributed by atoms with van der Waals surface area (Å²) in [6.07, 6.45) is 1.85. The highest BCUT2D eigenvalue weighted by atomic mass is 32.2. The van der Waals surface area contributed by atoms with Crippen LogP contribution in [-0.2, 0) is 14.8 Å². The highest BCUT2D eigenvalue weighted by molar-refractivity contribution is 7.89. The number of benzene rings is 1. The van der Waals surface area contributed by atoms with Gasteiger partial charge in [-0.25, -0.2) is 13.1 Å². The van der Waals surface area contributed by atoms with Crippen LogP contribution in [0.5, 0.6) is 0 Å². The van der Waals surface area contributed by atoms with Crippen LogP contribution < -0.4 is 10.0 Å². The third-order valence-electron chi connectivity index (χ3n) is 3.99. The van der Waals surface area contributed by atoms with E-state index in [1.165, 1.54) is 0 Å². The van der Waals surface area contributed by atoms with Crippen LogP contribution in [0.3, 0.4) is 0 Å². The number of ether oxygens (including phenoxy) is 1. The minimum atomic E-state index is -3.41. The molecule has 0 bridgehead atoms. The SMILES string of the molecule is CNC(C)c1ccc(S(=O)(=O)NCCC2CCOC2)cc1. The van der Waals surface area contributed by atoms with Gasteiger partial charge in [-0.2, -0.15) is 0 Å². The van der Waals surface area contributed by atoms with Crippen LogP contribution in [0.15, 0.2) is 29.2 Å². The first kappa shape index (κ1) is 16.4. The van der Waals surface area contributed by atoms with Crippen LogP contribution >= 0.6 is 0 Å². The Bertz CT molecular complexity index is 537. The largest absolute Gasteiger partial charge is 0.381 e. The summed E-state index contributed by atoms with van der Waals surface area (Å²) in [5.41, 5.74) is 1.07. The molecule has 5 nitrogen and oxygen atoms in total. The molecule has 1 fully saturated rings. The molecule has 118 valence electrons. The maximum absolute atomic E-state index is 12.2. The highest BCUT2D eigenvalue weighted by Crippen LogP contribution is 2.17. The average molecular weight is 312 g/mol. The molecule has 6 heteroatoms. The molecule has 0 spiro atoms. The molecule has 21 heavy (non-hydrogen) atoms. The Hall–Kier alpha value is -0.950. The molecule has 1 heterocycles. The van der Waals surface area contributed by atoms with Crippen molar-refractivity contribution in [2.24, 2.45) is 5.92 Å². The van der Waals surface area contributed by atoms with Crippen molar-refractivity contribution >= 4 is 10.0 Å². The minimum absolute atomic E-state index is 0.206. The van der Waals surface area contributed by atoms with E-state index in [4.69, 9.17) is 4.74 Å². The minimum Gasteiger partial charge on any atom is -0.381 e. The summed E-state index contributed by atoms with van der Waals surface area (Å²) in [4.78, 5) is 0.317. The Morgan fingerprint density at radius 2 is 2.05 bits per heavy atom. The van der Waals surface area contributed by atoms with Crippen LogP contribution in [0.25, 0.3) is 0 Å². The summed E-state index contributed by atoms with van der Waals surface area (Å²) < 4.78 is 32.4. The molecule has 0 aromatic heterocycles. The predicted molar refractivity (Wildman–Crippen MR) is 82.6 cm³/mol. The summed E-state index contributed by atoms with van der Waals surface area (Å²) in [6.45, 7) is 4.04. The third-order valence-corrected chi connectivity index (χ3v) is 5.47. The van der Waals surface area contributed by atoms with Crippen LogP contribution in [0, 0.1) is 5.92 Å². The van der Waals surface area contributed by atoms with Gasteiger partial charge in [0.2, 0.25) is 10.0 Å². The highest BCUT2D eigenvalue weighted by Gasteiger charge is 2.18. The maximum atomic E-state index is 12.2. The number of nitrogens with one attached hydrogen (secondary N) is 2. The Balaban J connectivity index is 1.92. The molecule has 0 amide bonds. The van der Waals surface area contributed by atoms with Crippen molar-refractivity contribution in [1.29, 1.82) is 0 Å². The molecule has 0 radical (unpaired) electrons. The standard InChI is InChI=1S/C15H24N2O3S/c1-12(16-2)14-3-5-15(6-4-14)21(18,19)17-9-7-13-8-10-20-11-13/h3-6,12-13,16-17H,7-11H2,1-2H3. The summed E-state index contributed by atoms with van der Waals surface area (Å²) in [7, 11) is -1.53. The molecule has 1 aliphatic rings. The van der Waals surface area contributed by atoms with E-state index in [1.54, 1.807) is 12.1 Å². The monoisotopic (exact) mass is 312 g/mol. The zero-order chi connectivity index (χ0) is 15.3. The van der Waals surface area contributed by atoms with Gasteiger partial charge in [-0.15, -0.1) is 0 Å². The lowest BCUT2D eigenvalue weighted by Crippen LogP contribution is -2.26. The molecule has 1 saturated heterocycles. The Morgan fingerprint density at radius 1 is 1.33 bits per heavy atom. The lowest BCUT2D eigenvalue weighted by molar-refractivity contribution is 0.184. The first-order chi connectivity index (χ1) is 10.0. The van der Waals surface area contributed by atoms with Gasteiger partial charge in [0.05, 0.1) is 4.90 Å². The average Bonchev–Trinajstić information content (AvgIpc) is 2.99. The molecule has 1 aliphatic heterocycles. The van der Waals surface area contributed by atoms with Gasteiger partial charge >= 0.3 is 0 Å². The zero-order valence-electron chi connectivity index (χ0n) is 12.6. The molecule has 0 aliphatic carbocycles. The van der Waals surface area contributed by atoms with Gasteiger partial charge in [0.15, 0.2) is 0 Å². The van der Waals surface area contributed by atoms with Crippen molar-refractivity contribution in [3.8, 4) is 0 Å². The Kier molecular flexibility index (Phi) is 5.75. The van der Waals surface area contributed by atoms with Crippen molar-refractivity contribution in [3.63, 3.8) is 0 Å². The molecule has 2 unspecified atom stereocenters. The molecular weight excluding hydrogens is 288 g/mol. The Labute approximate surface area is 127 Å². The van der Waals surface area contributed by atoms with E-state index in [9.17, 15) is 8.42 Å². The van der Waals surface area contributed by atoms with Crippen LogP contribution in [0.4, 0.5) is 0 Å². The smallest absolute Gasteiger partial charge is 0.240 e. The van der Waals surface area contributed by atoms with Crippen molar-refractivity contribution in [2.45, 2.75) is 30.7 Å². The summed E-state index contributed by atoms with van der Waals surface area (Å²) >= 11 is 0. The third kappa shape index (κ3) is 4.51. The van der Waals surface area contributed by atoms with Crippen molar-refractivity contribution < 1.29 is 13.2 Å². The second-order valence-electron chi connectivity index (χ2n) is 5.50. The predicted octanol–water partition coefficient (Wildman–Crippen LogP) is 1.67. The fraction of sp³-hybridized carbons (Fsp3) is 0.600. The first-order valence-electron chi connectivity index (χ1n) is 7.37. The van der Waals surface area contributed by atoms with Gasteiger partial charge in [-0.1, -0.05) is 12.1 Å². The summed E-state index contributed by atoms with van der Waals surface area (Å²) in [6, 6.07) is 7.22. The van der Waals surface area contributed by atoms with Gasteiger partial charge < -0.3 is 10.1 Å². The number of sulfonamides is 1. The topological polar surface area (TPSA) is 67.4 Å². The quantitative estimate of drug-likeness (QED) is 0.804. The van der Waals surface area contributed by atoms with E-state index in [-0.39, 0.29) is 6.04 Å². The normalized spacial score (nSPS) is 20.6. The molecule has 2 atom stereocenters. The van der Waals surface area contributed by atoms with E-state index in [1.807, 2.05) is 26.1 Å². The lowest BCUT2D eigenvalue weighted by atomic mass is 10.1. The molecule has 2 N–H and O–H groups in total. The van der Waals surface area contributed by atoms with Gasteiger partial charge in [-0.3, -0.25) is 0 Å². The summed E-state index contributed by atoms with van der Waals surface area (Å²) in [5.74, 6) is 0.478. The number of rotatable bonds is 7. The maximum Gasteiger partial charge on any atom is 0.240 e. The molecule has 1 aromatic carbocycles. The van der Waals surface area contributed by atoms with Crippen LogP contribution in [0.1, 0.15) is 31.4 Å². The van der Waals surface area contributed by atoms with E-state index < -0.39 is 10.0 Å². The van der Waals surface area contributed by atoms with Gasteiger partial charge in [-0.05, 0) is 50.4 Å². The second kappa shape index (κ2) is 7.35. The summed E-state index contributed by atoms with van der Waals surface area (Å²) in [5, 5.41) is 3.13. The Morgan fingerprint density at radius 3 is 2.62 bits per heavy atom. The van der Waals surface area contributed by atoms with Crippen LogP contribution in [0.2, 0.25) is 0 Å². The number of hydrogen-bond donors (Lipinski definition) is 2. The number of hydrogen-bond acceptors (Lipinski definition) is 4. The van der Waals surface area contributed by atoms with Crippen LogP contribution in [-0.4, -0.2) is 35.2 Å².